The Labute approximate surface area is 112 Å². The van der Waals surface area contributed by atoms with Gasteiger partial charge in [0.1, 0.15) is 11.9 Å². The normalized spacial score (nSPS) is 16.1. The molecule has 102 valence electrons. The molecule has 0 bridgehead atoms. The number of benzene rings is 1. The van der Waals surface area contributed by atoms with E-state index in [1.165, 1.54) is 17.4 Å². The van der Waals surface area contributed by atoms with Crippen molar-refractivity contribution in [2.45, 2.75) is 24.2 Å². The van der Waals surface area contributed by atoms with Crippen LogP contribution in [0.5, 0.6) is 0 Å². The van der Waals surface area contributed by atoms with Crippen LogP contribution in [0.15, 0.2) is 23.1 Å². The predicted molar refractivity (Wildman–Crippen MR) is 68.3 cm³/mol. The highest BCUT2D eigenvalue weighted by atomic mass is 32.2. The van der Waals surface area contributed by atoms with Crippen LogP contribution in [0, 0.1) is 23.1 Å². The summed E-state index contributed by atoms with van der Waals surface area (Å²) in [5.74, 6) is -0.293. The van der Waals surface area contributed by atoms with Crippen molar-refractivity contribution in [1.29, 1.82) is 5.26 Å². The molecule has 1 aromatic rings. The minimum atomic E-state index is -3.64. The zero-order chi connectivity index (χ0) is 14.0. The van der Waals surface area contributed by atoms with E-state index in [0.717, 1.165) is 31.4 Å². The van der Waals surface area contributed by atoms with Gasteiger partial charge in [-0.05, 0) is 37.0 Å². The molecule has 0 unspecified atom stereocenters. The molecule has 0 saturated heterocycles. The van der Waals surface area contributed by atoms with Crippen LogP contribution in [-0.4, -0.2) is 26.3 Å². The van der Waals surface area contributed by atoms with Gasteiger partial charge < -0.3 is 0 Å². The molecule has 0 amide bonds. The van der Waals surface area contributed by atoms with Gasteiger partial charge in [0.05, 0.1) is 10.5 Å². The number of nitriles is 1. The second-order valence-electron chi connectivity index (χ2n) is 4.84. The van der Waals surface area contributed by atoms with Crippen LogP contribution in [0.1, 0.15) is 24.8 Å². The molecule has 1 fully saturated rings. The van der Waals surface area contributed by atoms with E-state index in [-0.39, 0.29) is 10.5 Å². The Morgan fingerprint density at radius 3 is 2.68 bits per heavy atom. The lowest BCUT2D eigenvalue weighted by atomic mass is 9.86. The maximum absolute atomic E-state index is 13.2. The quantitative estimate of drug-likeness (QED) is 0.849. The first-order valence-corrected chi connectivity index (χ1v) is 7.55. The maximum atomic E-state index is 13.2. The molecule has 6 heteroatoms. The molecule has 0 atom stereocenters. The van der Waals surface area contributed by atoms with E-state index in [4.69, 9.17) is 5.26 Å². The van der Waals surface area contributed by atoms with E-state index >= 15 is 0 Å². The molecule has 0 N–H and O–H groups in total. The molecule has 0 spiro atoms. The third-order valence-electron chi connectivity index (χ3n) is 3.51. The minimum Gasteiger partial charge on any atom is -0.207 e. The largest absolute Gasteiger partial charge is 0.242 e. The molecular formula is C13H15FN2O2S. The van der Waals surface area contributed by atoms with Crippen molar-refractivity contribution in [3.05, 3.63) is 29.6 Å². The lowest BCUT2D eigenvalue weighted by molar-refractivity contribution is 0.263. The van der Waals surface area contributed by atoms with Crippen molar-refractivity contribution in [2.24, 2.45) is 5.92 Å². The van der Waals surface area contributed by atoms with Crippen molar-refractivity contribution in [3.8, 4) is 6.07 Å². The summed E-state index contributed by atoms with van der Waals surface area (Å²) in [4.78, 5) is -0.0349. The first kappa shape index (κ1) is 14.0. The van der Waals surface area contributed by atoms with Gasteiger partial charge in [-0.3, -0.25) is 0 Å². The van der Waals surface area contributed by atoms with Gasteiger partial charge in [-0.1, -0.05) is 6.42 Å². The Kier molecular flexibility index (Phi) is 3.88. The monoisotopic (exact) mass is 282 g/mol. The van der Waals surface area contributed by atoms with Gasteiger partial charge in [0.15, 0.2) is 0 Å². The van der Waals surface area contributed by atoms with E-state index in [9.17, 15) is 12.8 Å². The lowest BCUT2D eigenvalue weighted by Crippen LogP contribution is -2.34. The van der Waals surface area contributed by atoms with E-state index in [0.29, 0.717) is 12.5 Å². The van der Waals surface area contributed by atoms with Gasteiger partial charge in [0.2, 0.25) is 10.0 Å². The van der Waals surface area contributed by atoms with Crippen LogP contribution >= 0.6 is 0 Å². The molecule has 1 aliphatic rings. The summed E-state index contributed by atoms with van der Waals surface area (Å²) in [6.07, 6.45) is 3.24. The third kappa shape index (κ3) is 2.77. The SMILES string of the molecule is CN(CC1CCC1)S(=O)(=O)c1ccc(F)c(C#N)c1. The summed E-state index contributed by atoms with van der Waals surface area (Å²) in [5.41, 5.74) is -0.252. The van der Waals surface area contributed by atoms with Gasteiger partial charge >= 0.3 is 0 Å². The molecule has 1 aliphatic carbocycles. The van der Waals surface area contributed by atoms with E-state index < -0.39 is 15.8 Å². The summed E-state index contributed by atoms with van der Waals surface area (Å²) in [7, 11) is -2.13. The minimum absolute atomic E-state index is 0.0349. The number of hydrogen-bond donors (Lipinski definition) is 0. The summed E-state index contributed by atoms with van der Waals surface area (Å²) in [6.45, 7) is 0.474. The Hall–Kier alpha value is -1.45. The van der Waals surface area contributed by atoms with Crippen molar-refractivity contribution < 1.29 is 12.8 Å². The molecular weight excluding hydrogens is 267 g/mol. The van der Waals surface area contributed by atoms with Gasteiger partial charge in [0.25, 0.3) is 0 Å². The summed E-state index contributed by atoms with van der Waals surface area (Å²) in [6, 6.07) is 4.95. The standard InChI is InChI=1S/C13H15FN2O2S/c1-16(9-10-3-2-4-10)19(17,18)12-5-6-13(14)11(7-12)8-15/h5-7,10H,2-4,9H2,1H3. The molecule has 1 saturated carbocycles. The second kappa shape index (κ2) is 5.27. The second-order valence-corrected chi connectivity index (χ2v) is 6.88. The van der Waals surface area contributed by atoms with Crippen molar-refractivity contribution in [2.75, 3.05) is 13.6 Å². The van der Waals surface area contributed by atoms with E-state index in [1.54, 1.807) is 6.07 Å². The van der Waals surface area contributed by atoms with Crippen molar-refractivity contribution >= 4 is 10.0 Å². The van der Waals surface area contributed by atoms with Crippen LogP contribution in [0.2, 0.25) is 0 Å². The molecule has 19 heavy (non-hydrogen) atoms. The molecule has 0 heterocycles. The Balaban J connectivity index is 2.25. The van der Waals surface area contributed by atoms with Crippen molar-refractivity contribution in [1.82, 2.24) is 4.31 Å². The van der Waals surface area contributed by atoms with Crippen LogP contribution in [0.25, 0.3) is 0 Å². The lowest BCUT2D eigenvalue weighted by Gasteiger charge is -2.29. The molecule has 1 aromatic carbocycles. The fraction of sp³-hybridized carbons (Fsp3) is 0.462. The molecule has 0 radical (unpaired) electrons. The Bertz CT molecular complexity index is 618. The van der Waals surface area contributed by atoms with Gasteiger partial charge in [-0.15, -0.1) is 0 Å². The average molecular weight is 282 g/mol. The smallest absolute Gasteiger partial charge is 0.207 e. The molecule has 4 nitrogen and oxygen atoms in total. The number of rotatable bonds is 4. The van der Waals surface area contributed by atoms with E-state index in [2.05, 4.69) is 0 Å². The van der Waals surface area contributed by atoms with E-state index in [1.807, 2.05) is 0 Å². The van der Waals surface area contributed by atoms with Crippen molar-refractivity contribution in [3.63, 3.8) is 0 Å². The van der Waals surface area contributed by atoms with Crippen LogP contribution in [0.3, 0.4) is 0 Å². The average Bonchev–Trinajstić information content (AvgIpc) is 2.33. The first-order valence-electron chi connectivity index (χ1n) is 6.11. The zero-order valence-electron chi connectivity index (χ0n) is 10.6. The summed E-state index contributed by atoms with van der Waals surface area (Å²) < 4.78 is 39.0. The highest BCUT2D eigenvalue weighted by Gasteiger charge is 2.27. The first-order chi connectivity index (χ1) is 8.95. The third-order valence-corrected chi connectivity index (χ3v) is 5.33. The number of halogens is 1. The number of sulfonamides is 1. The summed E-state index contributed by atoms with van der Waals surface area (Å²) >= 11 is 0. The molecule has 0 aliphatic heterocycles. The van der Waals surface area contributed by atoms with Gasteiger partial charge in [-0.2, -0.15) is 5.26 Å². The van der Waals surface area contributed by atoms with Crippen LogP contribution < -0.4 is 0 Å². The number of nitrogens with zero attached hydrogens (tertiary/aromatic N) is 2. The Morgan fingerprint density at radius 2 is 2.16 bits per heavy atom. The molecule has 0 aromatic heterocycles. The van der Waals surface area contributed by atoms with Gasteiger partial charge in [-0.25, -0.2) is 17.1 Å². The summed E-state index contributed by atoms with van der Waals surface area (Å²) in [5, 5.41) is 8.74. The molecule has 2 rings (SSSR count). The topological polar surface area (TPSA) is 61.2 Å². The van der Waals surface area contributed by atoms with Crippen LogP contribution in [0.4, 0.5) is 4.39 Å². The zero-order valence-corrected chi connectivity index (χ0v) is 11.5. The highest BCUT2D eigenvalue weighted by molar-refractivity contribution is 7.89. The van der Waals surface area contributed by atoms with Crippen LogP contribution in [-0.2, 0) is 10.0 Å². The maximum Gasteiger partial charge on any atom is 0.242 e. The highest BCUT2D eigenvalue weighted by Crippen LogP contribution is 2.28. The fourth-order valence-electron chi connectivity index (χ4n) is 2.07. The fourth-order valence-corrected chi connectivity index (χ4v) is 3.34. The predicted octanol–water partition coefficient (Wildman–Crippen LogP) is 2.12. The van der Waals surface area contributed by atoms with Gasteiger partial charge in [0, 0.05) is 13.6 Å². The number of hydrogen-bond acceptors (Lipinski definition) is 3. The Morgan fingerprint density at radius 1 is 1.47 bits per heavy atom.